The van der Waals surface area contributed by atoms with E-state index in [2.05, 4.69) is 29.6 Å². The van der Waals surface area contributed by atoms with Gasteiger partial charge in [-0.1, -0.05) is 37.3 Å². The number of anilines is 1. The van der Waals surface area contributed by atoms with Crippen LogP contribution in [-0.2, 0) is 0 Å². The Morgan fingerprint density at radius 2 is 1.80 bits per heavy atom. The molecule has 2 rings (SSSR count). The number of rotatable bonds is 5. The van der Waals surface area contributed by atoms with E-state index >= 15 is 0 Å². The van der Waals surface area contributed by atoms with Crippen molar-refractivity contribution in [1.82, 2.24) is 0 Å². The summed E-state index contributed by atoms with van der Waals surface area (Å²) in [7, 11) is 0. The van der Waals surface area contributed by atoms with Gasteiger partial charge in [-0.05, 0) is 29.8 Å². The first-order valence-corrected chi connectivity index (χ1v) is 6.34. The lowest BCUT2D eigenvalue weighted by molar-refractivity contribution is 0.0697. The van der Waals surface area contributed by atoms with Crippen molar-refractivity contribution in [3.05, 3.63) is 65.7 Å². The first-order chi connectivity index (χ1) is 9.66. The Bertz CT molecular complexity index is 592. The van der Waals surface area contributed by atoms with E-state index in [-0.39, 0.29) is 11.5 Å². The van der Waals surface area contributed by atoms with Crippen molar-refractivity contribution in [2.24, 2.45) is 5.10 Å². The Hall–Kier alpha value is -2.62. The van der Waals surface area contributed by atoms with E-state index in [4.69, 9.17) is 5.11 Å². The molecular weight excluding hydrogens is 252 g/mol. The van der Waals surface area contributed by atoms with Crippen LogP contribution in [0.25, 0.3) is 0 Å². The quantitative estimate of drug-likeness (QED) is 0.643. The summed E-state index contributed by atoms with van der Waals surface area (Å²) < 4.78 is 0. The zero-order valence-electron chi connectivity index (χ0n) is 11.2. The molecule has 0 saturated carbocycles. The number of nitrogens with zero attached hydrogens (tertiary/aromatic N) is 1. The predicted molar refractivity (Wildman–Crippen MR) is 80.4 cm³/mol. The maximum Gasteiger partial charge on any atom is 0.335 e. The number of hydrazone groups is 1. The second-order valence-corrected chi connectivity index (χ2v) is 4.47. The molecular formula is C16H16N2O2. The number of hydrogen-bond acceptors (Lipinski definition) is 3. The number of carboxylic acid groups (broad SMARTS) is 1. The Morgan fingerprint density at radius 3 is 2.40 bits per heavy atom. The SMILES string of the molecule is C[C@H](/C=N\Nc1ccc(C(=O)O)cc1)c1ccccc1. The van der Waals surface area contributed by atoms with Crippen molar-refractivity contribution in [3.8, 4) is 0 Å². The van der Waals surface area contributed by atoms with Crippen molar-refractivity contribution in [2.75, 3.05) is 5.43 Å². The van der Waals surface area contributed by atoms with Gasteiger partial charge in [0, 0.05) is 12.1 Å². The number of carboxylic acids is 1. The third-order valence-corrected chi connectivity index (χ3v) is 2.95. The van der Waals surface area contributed by atoms with Gasteiger partial charge in [-0.3, -0.25) is 5.43 Å². The fourth-order valence-corrected chi connectivity index (χ4v) is 1.75. The zero-order valence-corrected chi connectivity index (χ0v) is 11.2. The van der Waals surface area contributed by atoms with Gasteiger partial charge in [0.25, 0.3) is 0 Å². The molecule has 0 fully saturated rings. The van der Waals surface area contributed by atoms with E-state index < -0.39 is 5.97 Å². The van der Waals surface area contributed by atoms with Gasteiger partial charge >= 0.3 is 5.97 Å². The van der Waals surface area contributed by atoms with Gasteiger partial charge < -0.3 is 5.11 Å². The molecule has 0 amide bonds. The van der Waals surface area contributed by atoms with E-state index in [1.807, 2.05) is 24.4 Å². The second kappa shape index (κ2) is 6.52. The van der Waals surface area contributed by atoms with Crippen LogP contribution in [0.1, 0.15) is 28.8 Å². The Balaban J connectivity index is 1.94. The molecule has 0 unspecified atom stereocenters. The molecule has 1 atom stereocenters. The van der Waals surface area contributed by atoms with E-state index in [1.165, 1.54) is 5.56 Å². The summed E-state index contributed by atoms with van der Waals surface area (Å²) in [5, 5.41) is 13.0. The molecule has 0 aliphatic rings. The molecule has 2 aromatic rings. The van der Waals surface area contributed by atoms with Crippen LogP contribution in [-0.4, -0.2) is 17.3 Å². The van der Waals surface area contributed by atoms with E-state index in [9.17, 15) is 4.79 Å². The minimum atomic E-state index is -0.933. The number of hydrogen-bond donors (Lipinski definition) is 2. The molecule has 0 aliphatic heterocycles. The van der Waals surface area contributed by atoms with Crippen molar-refractivity contribution < 1.29 is 9.90 Å². The molecule has 0 aliphatic carbocycles. The normalized spacial score (nSPS) is 12.2. The highest BCUT2D eigenvalue weighted by Crippen LogP contribution is 2.13. The molecule has 0 aromatic heterocycles. The highest BCUT2D eigenvalue weighted by molar-refractivity contribution is 5.88. The summed E-state index contributed by atoms with van der Waals surface area (Å²) in [6.07, 6.45) is 1.82. The largest absolute Gasteiger partial charge is 0.478 e. The average molecular weight is 268 g/mol. The molecule has 0 bridgehead atoms. The van der Waals surface area contributed by atoms with Crippen LogP contribution in [0.2, 0.25) is 0 Å². The van der Waals surface area contributed by atoms with E-state index in [1.54, 1.807) is 24.3 Å². The third-order valence-electron chi connectivity index (χ3n) is 2.95. The van der Waals surface area contributed by atoms with E-state index in [0.717, 1.165) is 5.69 Å². The molecule has 0 heterocycles. The monoisotopic (exact) mass is 268 g/mol. The summed E-state index contributed by atoms with van der Waals surface area (Å²) in [6.45, 7) is 2.06. The van der Waals surface area contributed by atoms with Gasteiger partial charge in [-0.15, -0.1) is 0 Å². The summed E-state index contributed by atoms with van der Waals surface area (Å²) in [4.78, 5) is 10.7. The van der Waals surface area contributed by atoms with Crippen LogP contribution in [0.15, 0.2) is 59.7 Å². The first kappa shape index (κ1) is 13.8. The maximum atomic E-state index is 10.7. The smallest absolute Gasteiger partial charge is 0.335 e. The highest BCUT2D eigenvalue weighted by Gasteiger charge is 2.02. The fraction of sp³-hybridized carbons (Fsp3) is 0.125. The van der Waals surface area contributed by atoms with Crippen LogP contribution in [0.4, 0.5) is 5.69 Å². The molecule has 0 radical (unpaired) electrons. The van der Waals surface area contributed by atoms with Gasteiger partial charge in [-0.2, -0.15) is 5.10 Å². The summed E-state index contributed by atoms with van der Waals surface area (Å²) >= 11 is 0. The molecule has 4 heteroatoms. The van der Waals surface area contributed by atoms with Crippen LogP contribution in [0.5, 0.6) is 0 Å². The lowest BCUT2D eigenvalue weighted by Gasteiger charge is -2.06. The zero-order chi connectivity index (χ0) is 14.4. The van der Waals surface area contributed by atoms with Gasteiger partial charge in [0.15, 0.2) is 0 Å². The van der Waals surface area contributed by atoms with Gasteiger partial charge in [0.05, 0.1) is 11.3 Å². The molecule has 0 saturated heterocycles. The molecule has 2 N–H and O–H groups in total. The van der Waals surface area contributed by atoms with Crippen LogP contribution < -0.4 is 5.43 Å². The lowest BCUT2D eigenvalue weighted by atomic mass is 10.0. The standard InChI is InChI=1S/C16H16N2O2/c1-12(13-5-3-2-4-6-13)11-17-18-15-9-7-14(8-10-15)16(19)20/h2-12,18H,1H3,(H,19,20)/b17-11-/t12-/m1/s1. The summed E-state index contributed by atoms with van der Waals surface area (Å²) in [5.41, 5.74) is 5.10. The fourth-order valence-electron chi connectivity index (χ4n) is 1.75. The molecule has 2 aromatic carbocycles. The minimum Gasteiger partial charge on any atom is -0.478 e. The van der Waals surface area contributed by atoms with Gasteiger partial charge in [0.1, 0.15) is 0 Å². The predicted octanol–water partition coefficient (Wildman–Crippen LogP) is 3.59. The van der Waals surface area contributed by atoms with Crippen LogP contribution in [0.3, 0.4) is 0 Å². The van der Waals surface area contributed by atoms with Crippen molar-refractivity contribution in [3.63, 3.8) is 0 Å². The minimum absolute atomic E-state index is 0.210. The van der Waals surface area contributed by atoms with Crippen molar-refractivity contribution in [1.29, 1.82) is 0 Å². The topological polar surface area (TPSA) is 61.7 Å². The number of carbonyl (C=O) groups is 1. The highest BCUT2D eigenvalue weighted by atomic mass is 16.4. The first-order valence-electron chi connectivity index (χ1n) is 6.34. The molecule has 20 heavy (non-hydrogen) atoms. The summed E-state index contributed by atoms with van der Waals surface area (Å²) in [5.74, 6) is -0.722. The molecule has 102 valence electrons. The second-order valence-electron chi connectivity index (χ2n) is 4.47. The van der Waals surface area contributed by atoms with Crippen molar-refractivity contribution >= 4 is 17.9 Å². The van der Waals surface area contributed by atoms with Crippen molar-refractivity contribution in [2.45, 2.75) is 12.8 Å². The van der Waals surface area contributed by atoms with Gasteiger partial charge in [0.2, 0.25) is 0 Å². The molecule has 4 nitrogen and oxygen atoms in total. The number of aromatic carboxylic acids is 1. The Morgan fingerprint density at radius 1 is 1.15 bits per heavy atom. The Labute approximate surface area is 117 Å². The molecule has 0 spiro atoms. The lowest BCUT2D eigenvalue weighted by Crippen LogP contribution is -1.98. The van der Waals surface area contributed by atoms with Crippen LogP contribution >= 0.6 is 0 Å². The van der Waals surface area contributed by atoms with Gasteiger partial charge in [-0.25, -0.2) is 4.79 Å². The van der Waals surface area contributed by atoms with Crippen LogP contribution in [0, 0.1) is 0 Å². The third kappa shape index (κ3) is 3.68. The Kier molecular flexibility index (Phi) is 4.50. The maximum absolute atomic E-state index is 10.7. The number of nitrogens with one attached hydrogen (secondary N) is 1. The number of benzene rings is 2. The summed E-state index contributed by atoms with van der Waals surface area (Å²) in [6, 6.07) is 16.5. The average Bonchev–Trinajstić information content (AvgIpc) is 2.48. The van der Waals surface area contributed by atoms with E-state index in [0.29, 0.717) is 0 Å².